The summed E-state index contributed by atoms with van der Waals surface area (Å²) >= 11 is 0. The van der Waals surface area contributed by atoms with Crippen LogP contribution in [-0.4, -0.2) is 46.2 Å². The van der Waals surface area contributed by atoms with E-state index in [1.54, 1.807) is 43.5 Å². The van der Waals surface area contributed by atoms with Crippen molar-refractivity contribution in [3.05, 3.63) is 83.4 Å². The van der Waals surface area contributed by atoms with Crippen LogP contribution in [0.25, 0.3) is 0 Å². The van der Waals surface area contributed by atoms with Gasteiger partial charge in [0.2, 0.25) is 0 Å². The van der Waals surface area contributed by atoms with Gasteiger partial charge in [-0.25, -0.2) is 0 Å². The maximum absolute atomic E-state index is 12.7. The van der Waals surface area contributed by atoms with Gasteiger partial charge in [-0.2, -0.15) is 0 Å². The van der Waals surface area contributed by atoms with Gasteiger partial charge in [0, 0.05) is 49.4 Å². The number of nitrogens with zero attached hydrogens (tertiary/aromatic N) is 1. The molecule has 0 atom stereocenters. The molecule has 2 amide bonds. The number of anilines is 3. The number of carbonyl (C=O) groups is 2. The molecule has 172 valence electrons. The third-order valence-corrected chi connectivity index (χ3v) is 5.04. The highest BCUT2D eigenvalue weighted by Crippen LogP contribution is 2.23. The zero-order chi connectivity index (χ0) is 23.8. The van der Waals surface area contributed by atoms with Gasteiger partial charge in [-0.1, -0.05) is 12.1 Å². The molecule has 0 radical (unpaired) electrons. The molecule has 0 saturated heterocycles. The molecule has 0 unspecified atom stereocenters. The second-order valence-electron chi connectivity index (χ2n) is 7.75. The number of hydrogen-bond acceptors (Lipinski definition) is 5. The first-order chi connectivity index (χ1) is 15.9. The molecular weight excluding hydrogens is 418 g/mol. The molecule has 3 aromatic carbocycles. The number of amides is 2. The summed E-state index contributed by atoms with van der Waals surface area (Å²) in [5.41, 5.74) is 4.10. The van der Waals surface area contributed by atoms with E-state index >= 15 is 0 Å². The summed E-state index contributed by atoms with van der Waals surface area (Å²) in [5.74, 6) is 0.204. The number of methoxy groups -OCH3 is 1. The summed E-state index contributed by atoms with van der Waals surface area (Å²) in [4.78, 5) is 27.4. The monoisotopic (exact) mass is 447 g/mol. The summed E-state index contributed by atoms with van der Waals surface area (Å²) in [5, 5.41) is 5.82. The van der Waals surface area contributed by atoms with E-state index in [0.717, 1.165) is 11.3 Å². The van der Waals surface area contributed by atoms with Crippen molar-refractivity contribution >= 4 is 28.9 Å². The summed E-state index contributed by atoms with van der Waals surface area (Å²) in [7, 11) is 5.46. The van der Waals surface area contributed by atoms with Crippen LogP contribution in [0, 0.1) is 6.92 Å². The van der Waals surface area contributed by atoms with E-state index in [0.29, 0.717) is 41.5 Å². The van der Waals surface area contributed by atoms with Gasteiger partial charge in [-0.05, 0) is 67.1 Å². The van der Waals surface area contributed by atoms with Crippen molar-refractivity contribution < 1.29 is 19.1 Å². The van der Waals surface area contributed by atoms with E-state index in [9.17, 15) is 9.59 Å². The van der Waals surface area contributed by atoms with Crippen molar-refractivity contribution in [1.82, 2.24) is 0 Å². The van der Waals surface area contributed by atoms with Crippen LogP contribution in [0.4, 0.5) is 17.1 Å². The van der Waals surface area contributed by atoms with Gasteiger partial charge in [0.1, 0.15) is 12.4 Å². The molecule has 0 spiro atoms. The van der Waals surface area contributed by atoms with Crippen LogP contribution in [0.2, 0.25) is 0 Å². The van der Waals surface area contributed by atoms with Gasteiger partial charge in [0.25, 0.3) is 11.8 Å². The molecule has 7 heteroatoms. The highest BCUT2D eigenvalue weighted by atomic mass is 16.5. The first-order valence-corrected chi connectivity index (χ1v) is 10.6. The zero-order valence-corrected chi connectivity index (χ0v) is 19.3. The van der Waals surface area contributed by atoms with Gasteiger partial charge in [-0.15, -0.1) is 0 Å². The molecule has 0 heterocycles. The Hall–Kier alpha value is -3.84. The molecule has 0 aliphatic carbocycles. The fraction of sp³-hybridized carbons (Fsp3) is 0.231. The quantitative estimate of drug-likeness (QED) is 0.469. The average Bonchev–Trinajstić information content (AvgIpc) is 2.82. The van der Waals surface area contributed by atoms with Crippen LogP contribution in [0.15, 0.2) is 66.7 Å². The minimum Gasteiger partial charge on any atom is -0.491 e. The molecule has 3 aromatic rings. The fourth-order valence-electron chi connectivity index (χ4n) is 3.10. The number of nitrogens with one attached hydrogen (secondary N) is 2. The van der Waals surface area contributed by atoms with E-state index < -0.39 is 0 Å². The molecule has 0 bridgehead atoms. The van der Waals surface area contributed by atoms with Crippen molar-refractivity contribution in [1.29, 1.82) is 0 Å². The highest BCUT2D eigenvalue weighted by molar-refractivity contribution is 6.07. The molecular formula is C26H29N3O4. The lowest BCUT2D eigenvalue weighted by Gasteiger charge is -2.14. The van der Waals surface area contributed by atoms with E-state index in [1.165, 1.54) is 0 Å². The van der Waals surface area contributed by atoms with Gasteiger partial charge < -0.3 is 25.0 Å². The van der Waals surface area contributed by atoms with E-state index in [2.05, 4.69) is 10.6 Å². The van der Waals surface area contributed by atoms with Crippen LogP contribution >= 0.6 is 0 Å². The first-order valence-electron chi connectivity index (χ1n) is 10.6. The number of rotatable bonds is 9. The molecule has 3 rings (SSSR count). The lowest BCUT2D eigenvalue weighted by atomic mass is 10.1. The van der Waals surface area contributed by atoms with Crippen molar-refractivity contribution in [3.8, 4) is 5.75 Å². The van der Waals surface area contributed by atoms with Crippen molar-refractivity contribution in [2.24, 2.45) is 0 Å². The fourth-order valence-corrected chi connectivity index (χ4v) is 3.10. The van der Waals surface area contributed by atoms with E-state index in [4.69, 9.17) is 9.47 Å². The lowest BCUT2D eigenvalue weighted by Crippen LogP contribution is -2.15. The Kier molecular flexibility index (Phi) is 8.05. The largest absolute Gasteiger partial charge is 0.491 e. The smallest absolute Gasteiger partial charge is 0.255 e. The van der Waals surface area contributed by atoms with Gasteiger partial charge in [0.05, 0.1) is 6.61 Å². The summed E-state index contributed by atoms with van der Waals surface area (Å²) < 4.78 is 10.5. The van der Waals surface area contributed by atoms with E-state index in [1.807, 2.05) is 56.3 Å². The number of benzene rings is 3. The Morgan fingerprint density at radius 1 is 0.848 bits per heavy atom. The van der Waals surface area contributed by atoms with Crippen molar-refractivity contribution in [2.45, 2.75) is 6.92 Å². The van der Waals surface area contributed by atoms with E-state index in [-0.39, 0.29) is 11.8 Å². The predicted molar refractivity (Wildman–Crippen MR) is 132 cm³/mol. The predicted octanol–water partition coefficient (Wildman–Crippen LogP) is 4.59. The van der Waals surface area contributed by atoms with Gasteiger partial charge in [0.15, 0.2) is 0 Å². The third-order valence-electron chi connectivity index (χ3n) is 5.04. The van der Waals surface area contributed by atoms with Crippen molar-refractivity contribution in [2.75, 3.05) is 50.0 Å². The Balaban J connectivity index is 1.68. The minimum absolute atomic E-state index is 0.219. The Morgan fingerprint density at radius 3 is 2.27 bits per heavy atom. The lowest BCUT2D eigenvalue weighted by molar-refractivity contribution is 0.101. The molecule has 0 saturated carbocycles. The van der Waals surface area contributed by atoms with Crippen LogP contribution in [0.5, 0.6) is 5.75 Å². The van der Waals surface area contributed by atoms with Crippen molar-refractivity contribution in [3.63, 3.8) is 0 Å². The van der Waals surface area contributed by atoms with Crippen LogP contribution < -0.4 is 20.3 Å². The molecule has 33 heavy (non-hydrogen) atoms. The van der Waals surface area contributed by atoms with Gasteiger partial charge >= 0.3 is 0 Å². The number of aryl methyl sites for hydroxylation is 1. The minimum atomic E-state index is -0.247. The Bertz CT molecular complexity index is 1110. The highest BCUT2D eigenvalue weighted by Gasteiger charge is 2.12. The number of carbonyl (C=O) groups excluding carboxylic acids is 2. The molecule has 0 aliphatic heterocycles. The first kappa shape index (κ1) is 23.8. The summed E-state index contributed by atoms with van der Waals surface area (Å²) in [6.45, 7) is 2.84. The standard InChI is InChI=1S/C26H29N3O4/c1-18-8-11-21(27-26(31)20-6-5-7-22(16-20)29(2)3)17-24(18)28-25(30)19-9-12-23(13-10-19)33-15-14-32-4/h5-13,16-17H,14-15H2,1-4H3,(H,27,31)(H,28,30). The second-order valence-corrected chi connectivity index (χ2v) is 7.75. The Labute approximate surface area is 194 Å². The zero-order valence-electron chi connectivity index (χ0n) is 19.3. The molecule has 0 aromatic heterocycles. The number of ether oxygens (including phenoxy) is 2. The average molecular weight is 448 g/mol. The number of hydrogen-bond donors (Lipinski definition) is 2. The van der Waals surface area contributed by atoms with Crippen LogP contribution in [-0.2, 0) is 4.74 Å². The maximum atomic E-state index is 12.7. The molecule has 0 fully saturated rings. The maximum Gasteiger partial charge on any atom is 0.255 e. The summed E-state index contributed by atoms with van der Waals surface area (Å²) in [6.07, 6.45) is 0. The SMILES string of the molecule is COCCOc1ccc(C(=O)Nc2cc(NC(=O)c3cccc(N(C)C)c3)ccc2C)cc1. The van der Waals surface area contributed by atoms with Crippen LogP contribution in [0.1, 0.15) is 26.3 Å². The van der Waals surface area contributed by atoms with Crippen LogP contribution in [0.3, 0.4) is 0 Å². The Morgan fingerprint density at radius 2 is 1.58 bits per heavy atom. The topological polar surface area (TPSA) is 79.9 Å². The van der Waals surface area contributed by atoms with Gasteiger partial charge in [-0.3, -0.25) is 9.59 Å². The summed E-state index contributed by atoms with van der Waals surface area (Å²) in [6, 6.07) is 19.7. The molecule has 7 nitrogen and oxygen atoms in total. The molecule has 2 N–H and O–H groups in total. The second kappa shape index (κ2) is 11.2. The normalized spacial score (nSPS) is 10.4. The molecule has 0 aliphatic rings. The third kappa shape index (κ3) is 6.57.